The van der Waals surface area contributed by atoms with Gasteiger partial charge < -0.3 is 10.1 Å². The van der Waals surface area contributed by atoms with Crippen LogP contribution in [0.3, 0.4) is 0 Å². The molecular formula is C27H21N3O4S. The molecule has 35 heavy (non-hydrogen) atoms. The fourth-order valence-electron chi connectivity index (χ4n) is 4.55. The molecule has 6 rings (SSSR count). The number of benzene rings is 3. The van der Waals surface area contributed by atoms with Gasteiger partial charge in [-0.1, -0.05) is 24.3 Å². The first kappa shape index (κ1) is 21.6. The zero-order chi connectivity index (χ0) is 23.9. The van der Waals surface area contributed by atoms with Gasteiger partial charge in [-0.25, -0.2) is 4.98 Å². The molecule has 3 heterocycles. The summed E-state index contributed by atoms with van der Waals surface area (Å²) in [7, 11) is 0. The first-order valence-electron chi connectivity index (χ1n) is 11.5. The maximum absolute atomic E-state index is 13.2. The molecule has 1 atom stereocenters. The van der Waals surface area contributed by atoms with E-state index in [1.807, 2.05) is 48.5 Å². The van der Waals surface area contributed by atoms with E-state index < -0.39 is 0 Å². The minimum Gasteiger partial charge on any atom is -0.376 e. The lowest BCUT2D eigenvalue weighted by Gasteiger charge is -2.17. The van der Waals surface area contributed by atoms with Crippen molar-refractivity contribution in [3.05, 3.63) is 83.4 Å². The summed E-state index contributed by atoms with van der Waals surface area (Å²) in [5.74, 6) is -1.09. The van der Waals surface area contributed by atoms with Crippen molar-refractivity contribution in [1.82, 2.24) is 9.88 Å². The molecule has 7 nitrogen and oxygen atoms in total. The van der Waals surface area contributed by atoms with E-state index >= 15 is 0 Å². The molecule has 8 heteroatoms. The quantitative estimate of drug-likeness (QED) is 0.404. The molecule has 4 aromatic rings. The van der Waals surface area contributed by atoms with E-state index in [0.717, 1.165) is 33.6 Å². The third-order valence-electron chi connectivity index (χ3n) is 6.34. The number of hydrogen-bond donors (Lipinski definition) is 1. The van der Waals surface area contributed by atoms with E-state index in [-0.39, 0.29) is 35.9 Å². The first-order valence-corrected chi connectivity index (χ1v) is 12.3. The van der Waals surface area contributed by atoms with E-state index in [1.165, 1.54) is 11.0 Å². The maximum Gasteiger partial charge on any atom is 0.261 e. The number of carbonyl (C=O) groups excluding carboxylic acids is 3. The van der Waals surface area contributed by atoms with Crippen LogP contribution in [0.1, 0.15) is 43.9 Å². The van der Waals surface area contributed by atoms with E-state index in [0.29, 0.717) is 23.4 Å². The monoisotopic (exact) mass is 483 g/mol. The van der Waals surface area contributed by atoms with Crippen molar-refractivity contribution in [1.29, 1.82) is 0 Å². The summed E-state index contributed by atoms with van der Waals surface area (Å²) in [4.78, 5) is 44.8. The molecule has 0 aliphatic carbocycles. The highest BCUT2D eigenvalue weighted by atomic mass is 32.1. The van der Waals surface area contributed by atoms with Crippen molar-refractivity contribution < 1.29 is 19.1 Å². The zero-order valence-electron chi connectivity index (χ0n) is 18.7. The van der Waals surface area contributed by atoms with E-state index in [2.05, 4.69) is 5.32 Å². The summed E-state index contributed by atoms with van der Waals surface area (Å²) < 4.78 is 6.66. The van der Waals surface area contributed by atoms with Gasteiger partial charge in [0.05, 0.1) is 39.7 Å². The molecule has 3 aromatic carbocycles. The van der Waals surface area contributed by atoms with Crippen LogP contribution in [0, 0.1) is 0 Å². The maximum atomic E-state index is 13.2. The van der Waals surface area contributed by atoms with Crippen molar-refractivity contribution in [2.75, 3.05) is 18.5 Å². The van der Waals surface area contributed by atoms with Crippen molar-refractivity contribution in [2.24, 2.45) is 0 Å². The number of hydrogen-bond acceptors (Lipinski definition) is 6. The zero-order valence-corrected chi connectivity index (χ0v) is 19.5. The SMILES string of the molecule is O=C(Nc1ccccc1-c1nc2ccccc2s1)c1ccc2c(c1)C(=O)N(CC1CCCO1)C2=O. The van der Waals surface area contributed by atoms with Gasteiger partial charge in [0, 0.05) is 17.7 Å². The minimum absolute atomic E-state index is 0.126. The second-order valence-corrected chi connectivity index (χ2v) is 9.63. The molecule has 0 radical (unpaired) electrons. The second-order valence-electron chi connectivity index (χ2n) is 8.60. The van der Waals surface area contributed by atoms with Crippen LogP contribution in [-0.4, -0.2) is 46.9 Å². The Morgan fingerprint density at radius 1 is 1.00 bits per heavy atom. The minimum atomic E-state index is -0.384. The fourth-order valence-corrected chi connectivity index (χ4v) is 5.56. The normalized spacial score (nSPS) is 17.3. The summed E-state index contributed by atoms with van der Waals surface area (Å²) >= 11 is 1.56. The van der Waals surface area contributed by atoms with Crippen molar-refractivity contribution in [3.63, 3.8) is 0 Å². The third kappa shape index (κ3) is 3.90. The Kier molecular flexibility index (Phi) is 5.39. The molecule has 0 bridgehead atoms. The largest absolute Gasteiger partial charge is 0.376 e. The molecule has 1 saturated heterocycles. The lowest BCUT2D eigenvalue weighted by atomic mass is 10.0. The van der Waals surface area contributed by atoms with Gasteiger partial charge in [-0.05, 0) is 55.3 Å². The van der Waals surface area contributed by atoms with Crippen LogP contribution in [0.15, 0.2) is 66.7 Å². The Labute approximate surface area is 205 Å². The molecule has 0 saturated carbocycles. The molecule has 1 aromatic heterocycles. The number of carbonyl (C=O) groups is 3. The van der Waals surface area contributed by atoms with Gasteiger partial charge in [0.1, 0.15) is 5.01 Å². The molecule has 0 spiro atoms. The summed E-state index contributed by atoms with van der Waals surface area (Å²) in [5.41, 5.74) is 3.22. The third-order valence-corrected chi connectivity index (χ3v) is 7.41. The van der Waals surface area contributed by atoms with Crippen molar-refractivity contribution in [3.8, 4) is 10.6 Å². The number of para-hydroxylation sites is 2. The van der Waals surface area contributed by atoms with Crippen LogP contribution in [0.2, 0.25) is 0 Å². The van der Waals surface area contributed by atoms with Crippen LogP contribution >= 0.6 is 11.3 Å². The summed E-state index contributed by atoms with van der Waals surface area (Å²) in [6, 6.07) is 20.0. The van der Waals surface area contributed by atoms with Gasteiger partial charge in [0.25, 0.3) is 17.7 Å². The van der Waals surface area contributed by atoms with Gasteiger partial charge in [-0.2, -0.15) is 0 Å². The van der Waals surface area contributed by atoms with Crippen LogP contribution in [0.4, 0.5) is 5.69 Å². The number of aromatic nitrogens is 1. The second kappa shape index (κ2) is 8.72. The topological polar surface area (TPSA) is 88.6 Å². The number of amides is 3. The Morgan fingerprint density at radius 3 is 2.63 bits per heavy atom. The van der Waals surface area contributed by atoms with Crippen LogP contribution < -0.4 is 5.32 Å². The fraction of sp³-hybridized carbons (Fsp3) is 0.185. The molecule has 174 valence electrons. The molecule has 1 unspecified atom stereocenters. The van der Waals surface area contributed by atoms with Gasteiger partial charge in [0.15, 0.2) is 0 Å². The lowest BCUT2D eigenvalue weighted by molar-refractivity contribution is 0.0475. The summed E-state index contributed by atoms with van der Waals surface area (Å²) in [6.07, 6.45) is 1.63. The van der Waals surface area contributed by atoms with Gasteiger partial charge in [0.2, 0.25) is 0 Å². The molecular weight excluding hydrogens is 462 g/mol. The van der Waals surface area contributed by atoms with Crippen molar-refractivity contribution >= 4 is 45.0 Å². The van der Waals surface area contributed by atoms with E-state index in [1.54, 1.807) is 23.5 Å². The summed E-state index contributed by atoms with van der Waals surface area (Å²) in [5, 5.41) is 3.76. The van der Waals surface area contributed by atoms with E-state index in [9.17, 15) is 14.4 Å². The number of fused-ring (bicyclic) bond motifs is 2. The Bertz CT molecular complexity index is 1460. The number of thiazole rings is 1. The highest BCUT2D eigenvalue weighted by molar-refractivity contribution is 7.21. The standard InChI is InChI=1S/C27H21N3O4S/c31-24(28-21-8-2-1-7-19(21)25-29-22-9-3-4-10-23(22)35-25)16-11-12-18-20(14-16)27(33)30(26(18)32)15-17-6-5-13-34-17/h1-4,7-12,14,17H,5-6,13,15H2,(H,28,31). The van der Waals surface area contributed by atoms with E-state index in [4.69, 9.17) is 9.72 Å². The van der Waals surface area contributed by atoms with Gasteiger partial charge in [-0.15, -0.1) is 11.3 Å². The predicted molar refractivity (Wildman–Crippen MR) is 134 cm³/mol. The number of nitrogens with one attached hydrogen (secondary N) is 1. The van der Waals surface area contributed by atoms with Gasteiger partial charge >= 0.3 is 0 Å². The number of rotatable bonds is 5. The Hall–Kier alpha value is -3.88. The highest BCUT2D eigenvalue weighted by Crippen LogP contribution is 2.35. The average Bonchev–Trinajstić information content (AvgIpc) is 3.60. The van der Waals surface area contributed by atoms with Crippen LogP contribution in [0.25, 0.3) is 20.8 Å². The number of imide groups is 1. The number of anilines is 1. The predicted octanol–water partition coefficient (Wildman–Crippen LogP) is 4.99. The molecule has 3 amide bonds. The smallest absolute Gasteiger partial charge is 0.261 e. The van der Waals surface area contributed by atoms with Crippen LogP contribution in [-0.2, 0) is 4.74 Å². The Morgan fingerprint density at radius 2 is 1.80 bits per heavy atom. The first-order chi connectivity index (χ1) is 17.1. The number of ether oxygens (including phenoxy) is 1. The van der Waals surface area contributed by atoms with Crippen molar-refractivity contribution in [2.45, 2.75) is 18.9 Å². The Balaban J connectivity index is 1.26. The summed E-state index contributed by atoms with van der Waals surface area (Å²) in [6.45, 7) is 0.889. The highest BCUT2D eigenvalue weighted by Gasteiger charge is 2.38. The molecule has 1 fully saturated rings. The van der Waals surface area contributed by atoms with Crippen LogP contribution in [0.5, 0.6) is 0 Å². The number of nitrogens with zero attached hydrogens (tertiary/aromatic N) is 2. The molecule has 2 aliphatic heterocycles. The molecule has 1 N–H and O–H groups in total. The van der Waals surface area contributed by atoms with Gasteiger partial charge in [-0.3, -0.25) is 19.3 Å². The lowest BCUT2D eigenvalue weighted by Crippen LogP contribution is -2.36. The molecule has 2 aliphatic rings. The average molecular weight is 484 g/mol.